The van der Waals surface area contributed by atoms with E-state index in [1.54, 1.807) is 0 Å². The number of nitrogens with one attached hydrogen (secondary N) is 1. The summed E-state index contributed by atoms with van der Waals surface area (Å²) in [6.45, 7) is 0. The molecule has 5 rings (SSSR count). The Balaban J connectivity index is 1.36. The van der Waals surface area contributed by atoms with Crippen LogP contribution in [0.5, 0.6) is 0 Å². The molecule has 166 valence electrons. The zero-order valence-electron chi connectivity index (χ0n) is 17.5. The minimum Gasteiger partial charge on any atom is -0.334 e. The van der Waals surface area contributed by atoms with E-state index < -0.39 is 0 Å². The minimum atomic E-state index is -0.347. The predicted molar refractivity (Wildman–Crippen MR) is 134 cm³/mol. The number of nitriles is 1. The smallest absolute Gasteiger partial charge is 0.282 e. The summed E-state index contributed by atoms with van der Waals surface area (Å²) >= 11 is 3.96. The molecule has 7 nitrogen and oxygen atoms in total. The number of nitrogen functional groups attached to an aromatic ring is 1. The van der Waals surface area contributed by atoms with Gasteiger partial charge in [0.1, 0.15) is 15.9 Å². The molecular weight excluding hydrogens is 474 g/mol. The first kappa shape index (κ1) is 21.7. The molecule has 0 unspecified atom stereocenters. The predicted octanol–water partition coefficient (Wildman–Crippen LogP) is 4.38. The van der Waals surface area contributed by atoms with Gasteiger partial charge in [-0.2, -0.15) is 5.26 Å². The van der Waals surface area contributed by atoms with E-state index in [0.29, 0.717) is 20.8 Å². The number of thiophene rings is 2. The summed E-state index contributed by atoms with van der Waals surface area (Å²) in [4.78, 5) is 31.9. The van der Waals surface area contributed by atoms with Crippen LogP contribution in [-0.2, 0) is 17.6 Å². The van der Waals surface area contributed by atoms with Gasteiger partial charge in [-0.15, -0.1) is 22.7 Å². The average Bonchev–Trinajstić information content (AvgIpc) is 3.42. The summed E-state index contributed by atoms with van der Waals surface area (Å²) in [6, 6.07) is 11.9. The van der Waals surface area contributed by atoms with Crippen molar-refractivity contribution in [2.24, 2.45) is 0 Å². The molecule has 10 heteroatoms. The molecule has 1 aliphatic rings. The van der Waals surface area contributed by atoms with Crippen molar-refractivity contribution in [2.75, 3.05) is 16.9 Å². The number of anilines is 1. The molecule has 3 heterocycles. The Hall–Kier alpha value is -3.13. The number of hydrogen-bond donors (Lipinski definition) is 2. The van der Waals surface area contributed by atoms with E-state index in [9.17, 15) is 14.9 Å². The normalized spacial score (nSPS) is 12.9. The molecule has 0 fully saturated rings. The van der Waals surface area contributed by atoms with E-state index in [0.717, 1.165) is 58.8 Å². The first-order valence-corrected chi connectivity index (χ1v) is 13.1. The van der Waals surface area contributed by atoms with Crippen molar-refractivity contribution >= 4 is 55.6 Å². The maximum atomic E-state index is 13.0. The second-order valence-electron chi connectivity index (χ2n) is 7.63. The van der Waals surface area contributed by atoms with Gasteiger partial charge in [0.25, 0.3) is 5.56 Å². The van der Waals surface area contributed by atoms with Crippen molar-refractivity contribution in [3.8, 4) is 17.2 Å². The molecule has 4 aromatic rings. The number of amides is 1. The molecule has 3 N–H and O–H groups in total. The van der Waals surface area contributed by atoms with Crippen molar-refractivity contribution in [3.05, 3.63) is 62.1 Å². The molecule has 1 amide bonds. The Morgan fingerprint density at radius 3 is 2.85 bits per heavy atom. The van der Waals surface area contributed by atoms with E-state index in [4.69, 9.17) is 5.84 Å². The van der Waals surface area contributed by atoms with Crippen LogP contribution in [0.2, 0.25) is 0 Å². The van der Waals surface area contributed by atoms with Crippen LogP contribution in [0.25, 0.3) is 21.3 Å². The highest BCUT2D eigenvalue weighted by Gasteiger charge is 2.22. The highest BCUT2D eigenvalue weighted by atomic mass is 32.2. The van der Waals surface area contributed by atoms with Crippen molar-refractivity contribution in [1.29, 1.82) is 5.26 Å². The maximum absolute atomic E-state index is 13.0. The first-order valence-electron chi connectivity index (χ1n) is 10.4. The second kappa shape index (κ2) is 9.02. The molecule has 0 spiro atoms. The largest absolute Gasteiger partial charge is 0.334 e. The van der Waals surface area contributed by atoms with Crippen LogP contribution < -0.4 is 16.7 Å². The number of aromatic nitrogens is 2. The fraction of sp³-hybridized carbons (Fsp3) is 0.217. The van der Waals surface area contributed by atoms with Gasteiger partial charge in [0, 0.05) is 15.8 Å². The fourth-order valence-electron chi connectivity index (χ4n) is 3.98. The Bertz CT molecular complexity index is 1460. The summed E-state index contributed by atoms with van der Waals surface area (Å²) < 4.78 is 1.00. The lowest BCUT2D eigenvalue weighted by Gasteiger charge is -2.09. The van der Waals surface area contributed by atoms with Gasteiger partial charge < -0.3 is 11.2 Å². The van der Waals surface area contributed by atoms with E-state index in [2.05, 4.69) is 16.4 Å². The first-order chi connectivity index (χ1) is 16.1. The van der Waals surface area contributed by atoms with Crippen LogP contribution in [0, 0.1) is 11.3 Å². The van der Waals surface area contributed by atoms with Gasteiger partial charge in [-0.1, -0.05) is 42.1 Å². The fourth-order valence-corrected chi connectivity index (χ4v) is 6.94. The topological polar surface area (TPSA) is 114 Å². The molecule has 1 aliphatic carbocycles. The Labute approximate surface area is 201 Å². The zero-order chi connectivity index (χ0) is 22.9. The van der Waals surface area contributed by atoms with Crippen molar-refractivity contribution in [2.45, 2.75) is 30.8 Å². The number of hydrogen-bond acceptors (Lipinski definition) is 8. The van der Waals surface area contributed by atoms with Crippen LogP contribution in [-0.4, -0.2) is 21.3 Å². The number of nitrogens with two attached hydrogens (primary N) is 1. The number of nitrogens with zero attached hydrogens (tertiary/aromatic N) is 3. The lowest BCUT2D eigenvalue weighted by molar-refractivity contribution is -0.113. The maximum Gasteiger partial charge on any atom is 0.282 e. The van der Waals surface area contributed by atoms with E-state index in [1.165, 1.54) is 27.6 Å². The number of carbonyl (C=O) groups excluding carboxylic acids is 1. The van der Waals surface area contributed by atoms with Gasteiger partial charge in [0.05, 0.1) is 16.7 Å². The molecule has 0 saturated carbocycles. The molecule has 0 radical (unpaired) electrons. The van der Waals surface area contributed by atoms with Crippen molar-refractivity contribution in [1.82, 2.24) is 9.66 Å². The summed E-state index contributed by atoms with van der Waals surface area (Å²) in [5.41, 5.74) is 3.03. The molecule has 0 saturated heterocycles. The Morgan fingerprint density at radius 1 is 1.27 bits per heavy atom. The standard InChI is InChI=1S/C23H19N5O2S3/c24-10-15-14-8-4-5-9-17(14)33-20(15)26-18(29)12-32-23-27-21-19(22(30)28(23)25)16(11-31-21)13-6-2-1-3-7-13/h1-3,6-7,11H,4-5,8-9,12,25H2,(H,26,29). The highest BCUT2D eigenvalue weighted by molar-refractivity contribution is 7.99. The average molecular weight is 494 g/mol. The summed E-state index contributed by atoms with van der Waals surface area (Å²) in [5, 5.41) is 15.7. The molecule has 3 aromatic heterocycles. The Kier molecular flexibility index (Phi) is 5.93. The SMILES string of the molecule is N#Cc1c(NC(=O)CSc2nc3scc(-c4ccccc4)c3c(=O)n2N)sc2c1CCCC2. The van der Waals surface area contributed by atoms with Crippen LogP contribution in [0.1, 0.15) is 28.8 Å². The van der Waals surface area contributed by atoms with E-state index >= 15 is 0 Å². The third-order valence-electron chi connectivity index (χ3n) is 5.56. The summed E-state index contributed by atoms with van der Waals surface area (Å²) in [7, 11) is 0. The van der Waals surface area contributed by atoms with Crippen LogP contribution >= 0.6 is 34.4 Å². The Morgan fingerprint density at radius 2 is 2.06 bits per heavy atom. The van der Waals surface area contributed by atoms with E-state index in [1.807, 2.05) is 35.7 Å². The summed E-state index contributed by atoms with van der Waals surface area (Å²) in [5.74, 6) is 5.82. The van der Waals surface area contributed by atoms with E-state index in [-0.39, 0.29) is 22.4 Å². The number of carbonyl (C=O) groups is 1. The molecule has 0 atom stereocenters. The lowest BCUT2D eigenvalue weighted by Crippen LogP contribution is -2.30. The third-order valence-corrected chi connectivity index (χ3v) is 8.59. The van der Waals surface area contributed by atoms with Gasteiger partial charge in [-0.3, -0.25) is 9.59 Å². The van der Waals surface area contributed by atoms with Crippen LogP contribution in [0.3, 0.4) is 0 Å². The molecular formula is C23H19N5O2S3. The minimum absolute atomic E-state index is 0.0273. The van der Waals surface area contributed by atoms with Gasteiger partial charge in [-0.25, -0.2) is 9.66 Å². The van der Waals surface area contributed by atoms with Crippen LogP contribution in [0.15, 0.2) is 45.7 Å². The van der Waals surface area contributed by atoms with Crippen molar-refractivity contribution in [3.63, 3.8) is 0 Å². The molecule has 0 aliphatic heterocycles. The van der Waals surface area contributed by atoms with Gasteiger partial charge in [0.15, 0.2) is 5.16 Å². The van der Waals surface area contributed by atoms with Crippen molar-refractivity contribution < 1.29 is 4.79 Å². The van der Waals surface area contributed by atoms with Gasteiger partial charge in [-0.05, 0) is 36.8 Å². The number of rotatable bonds is 5. The zero-order valence-corrected chi connectivity index (χ0v) is 19.9. The summed E-state index contributed by atoms with van der Waals surface area (Å²) in [6.07, 6.45) is 4.01. The van der Waals surface area contributed by atoms with Crippen LogP contribution in [0.4, 0.5) is 5.00 Å². The quantitative estimate of drug-likeness (QED) is 0.242. The monoisotopic (exact) mass is 493 g/mol. The van der Waals surface area contributed by atoms with Gasteiger partial charge in [0.2, 0.25) is 5.91 Å². The number of thioether (sulfide) groups is 1. The number of benzene rings is 1. The number of fused-ring (bicyclic) bond motifs is 2. The van der Waals surface area contributed by atoms with Gasteiger partial charge >= 0.3 is 0 Å². The highest BCUT2D eigenvalue weighted by Crippen LogP contribution is 2.38. The molecule has 33 heavy (non-hydrogen) atoms. The third kappa shape index (κ3) is 4.04. The second-order valence-corrected chi connectivity index (χ2v) is 10.5. The lowest BCUT2D eigenvalue weighted by atomic mass is 9.96. The molecule has 1 aromatic carbocycles. The number of aryl methyl sites for hydroxylation is 1. The molecule has 0 bridgehead atoms.